The molecule has 0 saturated carbocycles. The predicted octanol–water partition coefficient (Wildman–Crippen LogP) is 4.99. The van der Waals surface area contributed by atoms with Crippen molar-refractivity contribution in [1.82, 2.24) is 0 Å². The molecular formula is C14H26. The van der Waals surface area contributed by atoms with E-state index in [0.717, 1.165) is 0 Å². The fourth-order valence-electron chi connectivity index (χ4n) is 0.667. The third kappa shape index (κ3) is 22.5. The van der Waals surface area contributed by atoms with Crippen molar-refractivity contribution in [3.8, 4) is 0 Å². The lowest BCUT2D eigenvalue weighted by atomic mass is 10.1. The molecule has 0 radical (unpaired) electrons. The van der Waals surface area contributed by atoms with Crippen LogP contribution in [0.4, 0.5) is 0 Å². The summed E-state index contributed by atoms with van der Waals surface area (Å²) < 4.78 is 0. The van der Waals surface area contributed by atoms with Crippen LogP contribution in [0.1, 0.15) is 41.5 Å². The van der Waals surface area contributed by atoms with E-state index in [9.17, 15) is 0 Å². The van der Waals surface area contributed by atoms with Crippen molar-refractivity contribution in [3.63, 3.8) is 0 Å². The van der Waals surface area contributed by atoms with Crippen LogP contribution in [0.3, 0.4) is 0 Å². The quantitative estimate of drug-likeness (QED) is 0.438. The van der Waals surface area contributed by atoms with Gasteiger partial charge in [-0.05, 0) is 25.7 Å². The Morgan fingerprint density at radius 3 is 1.07 bits per heavy atom. The molecular weight excluding hydrogens is 168 g/mol. The van der Waals surface area contributed by atoms with Crippen molar-refractivity contribution < 1.29 is 0 Å². The number of allylic oxidation sites excluding steroid dienone is 6. The van der Waals surface area contributed by atoms with E-state index in [1.165, 1.54) is 0 Å². The summed E-state index contributed by atoms with van der Waals surface area (Å²) in [7, 11) is 0. The van der Waals surface area contributed by atoms with Gasteiger partial charge in [-0.2, -0.15) is 0 Å². The van der Waals surface area contributed by atoms with Gasteiger partial charge in [-0.1, -0.05) is 64.2 Å². The fraction of sp³-hybridized carbons (Fsp3) is 0.571. The largest absolute Gasteiger partial charge is 0.0877 e. The lowest BCUT2D eigenvalue weighted by molar-refractivity contribution is 0.780. The molecule has 0 bridgehead atoms. The Hall–Kier alpha value is -0.780. The van der Waals surface area contributed by atoms with Gasteiger partial charge in [0.25, 0.3) is 0 Å². The highest BCUT2D eigenvalue weighted by molar-refractivity contribution is 4.98. The van der Waals surface area contributed by atoms with Gasteiger partial charge in [-0.25, -0.2) is 0 Å². The van der Waals surface area contributed by atoms with Gasteiger partial charge in [0.1, 0.15) is 0 Å². The Balaban J connectivity index is 0. The van der Waals surface area contributed by atoms with Crippen LogP contribution in [0, 0.1) is 11.8 Å². The van der Waals surface area contributed by atoms with E-state index in [0.29, 0.717) is 11.8 Å². The summed E-state index contributed by atoms with van der Waals surface area (Å²) in [6, 6.07) is 0. The molecule has 0 aliphatic rings. The second-order valence-electron chi connectivity index (χ2n) is 3.92. The zero-order valence-corrected chi connectivity index (χ0v) is 10.6. The van der Waals surface area contributed by atoms with E-state index < -0.39 is 0 Å². The molecule has 0 amide bonds. The molecule has 0 aromatic heterocycles. The first kappa shape index (κ1) is 15.7. The molecule has 0 unspecified atom stereocenters. The summed E-state index contributed by atoms with van der Waals surface area (Å²) in [5.41, 5.74) is 0. The maximum atomic E-state index is 2.24. The van der Waals surface area contributed by atoms with Crippen LogP contribution in [0.25, 0.3) is 0 Å². The van der Waals surface area contributed by atoms with Crippen LogP contribution >= 0.6 is 0 Å². The van der Waals surface area contributed by atoms with Crippen LogP contribution in [0.2, 0.25) is 0 Å². The topological polar surface area (TPSA) is 0 Å². The van der Waals surface area contributed by atoms with Gasteiger partial charge in [0.2, 0.25) is 0 Å². The molecule has 0 atom stereocenters. The number of hydrogen-bond donors (Lipinski definition) is 0. The van der Waals surface area contributed by atoms with Crippen LogP contribution in [-0.4, -0.2) is 0 Å². The second kappa shape index (κ2) is 12.2. The smallest absolute Gasteiger partial charge is 0.0290 e. The van der Waals surface area contributed by atoms with Crippen molar-refractivity contribution in [2.45, 2.75) is 41.5 Å². The average Bonchev–Trinajstić information content (AvgIpc) is 2.12. The number of hydrogen-bond acceptors (Lipinski definition) is 0. The minimum atomic E-state index is 0.706. The van der Waals surface area contributed by atoms with Crippen molar-refractivity contribution in [1.29, 1.82) is 0 Å². The van der Waals surface area contributed by atoms with E-state index in [-0.39, 0.29) is 0 Å². The molecule has 0 heteroatoms. The van der Waals surface area contributed by atoms with Gasteiger partial charge in [-0.3, -0.25) is 0 Å². The molecule has 0 heterocycles. The molecule has 0 nitrogen and oxygen atoms in total. The second-order valence-corrected chi connectivity index (χ2v) is 3.92. The number of rotatable bonds is 3. The molecule has 0 N–H and O–H groups in total. The summed E-state index contributed by atoms with van der Waals surface area (Å²) in [4.78, 5) is 0. The Labute approximate surface area is 90.4 Å². The van der Waals surface area contributed by atoms with E-state index in [2.05, 4.69) is 39.8 Å². The first-order valence-corrected chi connectivity index (χ1v) is 5.46. The first-order valence-electron chi connectivity index (χ1n) is 5.46. The van der Waals surface area contributed by atoms with Gasteiger partial charge >= 0.3 is 0 Å². The van der Waals surface area contributed by atoms with E-state index in [1.807, 2.05) is 38.2 Å². The van der Waals surface area contributed by atoms with Gasteiger partial charge in [0, 0.05) is 0 Å². The minimum absolute atomic E-state index is 0.706. The summed E-state index contributed by atoms with van der Waals surface area (Å²) in [6.45, 7) is 12.8. The standard InChI is InChI=1S/C8H16.C6H10/c1-7(2)5-6-8(3)4;1-3-5-6-4-2/h5-8H,1-4H3;3-6H,1-2H3/b6-5+;5-3-,6-4-. The summed E-state index contributed by atoms with van der Waals surface area (Å²) in [5, 5.41) is 0. The molecule has 0 saturated heterocycles. The molecule has 0 aromatic rings. The van der Waals surface area contributed by atoms with Crippen LogP contribution in [0.15, 0.2) is 36.5 Å². The molecule has 0 aliphatic heterocycles. The zero-order chi connectivity index (χ0) is 11.4. The molecule has 14 heavy (non-hydrogen) atoms. The Kier molecular flexibility index (Phi) is 13.7. The van der Waals surface area contributed by atoms with E-state index >= 15 is 0 Å². The molecule has 0 spiro atoms. The van der Waals surface area contributed by atoms with E-state index in [1.54, 1.807) is 0 Å². The van der Waals surface area contributed by atoms with Crippen LogP contribution in [0.5, 0.6) is 0 Å². The lowest BCUT2D eigenvalue weighted by Gasteiger charge is -1.95. The molecule has 82 valence electrons. The summed E-state index contributed by atoms with van der Waals surface area (Å²) >= 11 is 0. The summed E-state index contributed by atoms with van der Waals surface area (Å²) in [5.74, 6) is 1.41. The van der Waals surface area contributed by atoms with Crippen molar-refractivity contribution in [2.75, 3.05) is 0 Å². The van der Waals surface area contributed by atoms with Crippen molar-refractivity contribution in [2.24, 2.45) is 11.8 Å². The molecule has 0 aromatic carbocycles. The lowest BCUT2D eigenvalue weighted by Crippen LogP contribution is -1.81. The predicted molar refractivity (Wildman–Crippen MR) is 68.4 cm³/mol. The first-order chi connectivity index (χ1) is 6.54. The fourth-order valence-corrected chi connectivity index (χ4v) is 0.667. The highest BCUT2D eigenvalue weighted by Crippen LogP contribution is 1.99. The third-order valence-electron chi connectivity index (χ3n) is 1.38. The van der Waals surface area contributed by atoms with Gasteiger partial charge in [0.15, 0.2) is 0 Å². The minimum Gasteiger partial charge on any atom is -0.0877 e. The van der Waals surface area contributed by atoms with Crippen LogP contribution in [-0.2, 0) is 0 Å². The maximum Gasteiger partial charge on any atom is -0.0290 e. The Morgan fingerprint density at radius 1 is 0.643 bits per heavy atom. The third-order valence-corrected chi connectivity index (χ3v) is 1.38. The van der Waals surface area contributed by atoms with Gasteiger partial charge in [-0.15, -0.1) is 0 Å². The molecule has 0 aliphatic carbocycles. The highest BCUT2D eigenvalue weighted by atomic mass is 13.9. The molecule has 0 fully saturated rings. The SMILES string of the molecule is C/C=C\C=C/C.CC(C)/C=C/C(C)C. The monoisotopic (exact) mass is 194 g/mol. The Morgan fingerprint density at radius 2 is 0.929 bits per heavy atom. The van der Waals surface area contributed by atoms with Crippen molar-refractivity contribution >= 4 is 0 Å². The van der Waals surface area contributed by atoms with Gasteiger partial charge in [0.05, 0.1) is 0 Å². The summed E-state index contributed by atoms with van der Waals surface area (Å²) in [6.07, 6.45) is 12.5. The van der Waals surface area contributed by atoms with E-state index in [4.69, 9.17) is 0 Å². The molecule has 0 rings (SSSR count). The van der Waals surface area contributed by atoms with Gasteiger partial charge < -0.3 is 0 Å². The Bertz CT molecular complexity index is 148. The maximum absolute atomic E-state index is 2.24. The average molecular weight is 194 g/mol. The van der Waals surface area contributed by atoms with Crippen LogP contribution < -0.4 is 0 Å². The normalized spacial score (nSPS) is 12.0. The van der Waals surface area contributed by atoms with Crippen molar-refractivity contribution in [3.05, 3.63) is 36.5 Å². The highest BCUT2D eigenvalue weighted by Gasteiger charge is 1.85. The zero-order valence-electron chi connectivity index (χ0n) is 10.6.